The molecule has 0 aromatic carbocycles. The first kappa shape index (κ1) is 14.9. The highest BCUT2D eigenvalue weighted by atomic mass is 32.2. The normalized spacial score (nSPS) is 12.4. The molecule has 0 unspecified atom stereocenters. The molecule has 0 amide bonds. The molecule has 0 aliphatic rings. The zero-order chi connectivity index (χ0) is 13.6. The molecule has 18 heavy (non-hydrogen) atoms. The average molecular weight is 272 g/mol. The molecule has 0 fully saturated rings. The van der Waals surface area contributed by atoms with Crippen molar-refractivity contribution in [2.75, 3.05) is 13.1 Å². The summed E-state index contributed by atoms with van der Waals surface area (Å²) in [6, 6.07) is 0. The van der Waals surface area contributed by atoms with Gasteiger partial charge in [-0.05, 0) is 13.3 Å². The van der Waals surface area contributed by atoms with Gasteiger partial charge in [-0.2, -0.15) is 0 Å². The van der Waals surface area contributed by atoms with Gasteiger partial charge in [-0.15, -0.1) is 0 Å². The lowest BCUT2D eigenvalue weighted by molar-refractivity contribution is 0.582. The van der Waals surface area contributed by atoms with Crippen LogP contribution < -0.4 is 10.5 Å². The number of nitrogens with zero attached hydrogens (tertiary/aromatic N) is 2. The molecule has 1 aromatic rings. The Balaban J connectivity index is 2.78. The summed E-state index contributed by atoms with van der Waals surface area (Å²) in [5.41, 5.74) is 5.27. The maximum Gasteiger partial charge on any atom is 0.259 e. The molecule has 0 saturated heterocycles. The summed E-state index contributed by atoms with van der Waals surface area (Å²) in [5, 5.41) is 0.0644. The van der Waals surface area contributed by atoms with Crippen molar-refractivity contribution in [1.82, 2.24) is 14.3 Å². The predicted octanol–water partition coefficient (Wildman–Crippen LogP) is 0.395. The van der Waals surface area contributed by atoms with Crippen LogP contribution in [-0.2, 0) is 16.6 Å². The van der Waals surface area contributed by atoms with Gasteiger partial charge in [-0.25, -0.2) is 18.1 Å². The van der Waals surface area contributed by atoms with Crippen LogP contribution in [0.2, 0.25) is 0 Å². The van der Waals surface area contributed by atoms with Gasteiger partial charge in [0, 0.05) is 25.8 Å². The summed E-state index contributed by atoms with van der Waals surface area (Å²) in [6.45, 7) is 5.21. The van der Waals surface area contributed by atoms with E-state index >= 15 is 0 Å². The van der Waals surface area contributed by atoms with Crippen LogP contribution in [0.15, 0.2) is 23.4 Å². The SMILES string of the molecule is CCCn1cc(S(=O)(=O)NC/C=C/CN)nc1C. The van der Waals surface area contributed by atoms with E-state index in [4.69, 9.17) is 5.73 Å². The summed E-state index contributed by atoms with van der Waals surface area (Å²) < 4.78 is 28.1. The number of aryl methyl sites for hydroxylation is 2. The number of imidazole rings is 1. The zero-order valence-corrected chi connectivity index (χ0v) is 11.6. The molecule has 0 spiro atoms. The quantitative estimate of drug-likeness (QED) is 0.703. The highest BCUT2D eigenvalue weighted by molar-refractivity contribution is 7.89. The van der Waals surface area contributed by atoms with Crippen LogP contribution in [0.25, 0.3) is 0 Å². The summed E-state index contributed by atoms with van der Waals surface area (Å²) in [6.07, 6.45) is 5.87. The van der Waals surface area contributed by atoms with Crippen molar-refractivity contribution in [1.29, 1.82) is 0 Å². The minimum Gasteiger partial charge on any atom is -0.334 e. The molecule has 7 heteroatoms. The first-order valence-electron chi connectivity index (χ1n) is 5.89. The lowest BCUT2D eigenvalue weighted by Gasteiger charge is -2.00. The van der Waals surface area contributed by atoms with E-state index in [0.717, 1.165) is 13.0 Å². The first-order valence-corrected chi connectivity index (χ1v) is 7.38. The molecule has 6 nitrogen and oxygen atoms in total. The van der Waals surface area contributed by atoms with Crippen LogP contribution in [0.5, 0.6) is 0 Å². The van der Waals surface area contributed by atoms with E-state index in [1.807, 2.05) is 11.5 Å². The molecule has 1 aromatic heterocycles. The topological polar surface area (TPSA) is 90.0 Å². The third-order valence-electron chi connectivity index (χ3n) is 2.39. The zero-order valence-electron chi connectivity index (χ0n) is 10.8. The van der Waals surface area contributed by atoms with Gasteiger partial charge in [0.2, 0.25) is 0 Å². The maximum atomic E-state index is 11.9. The molecule has 0 aliphatic carbocycles. The molecule has 1 heterocycles. The maximum absolute atomic E-state index is 11.9. The van der Waals surface area contributed by atoms with Crippen molar-refractivity contribution in [2.24, 2.45) is 5.73 Å². The predicted molar refractivity (Wildman–Crippen MR) is 70.6 cm³/mol. The van der Waals surface area contributed by atoms with Crippen LogP contribution in [0.3, 0.4) is 0 Å². The Bertz CT molecular complexity index is 505. The fourth-order valence-corrected chi connectivity index (χ4v) is 2.47. The van der Waals surface area contributed by atoms with Crippen molar-refractivity contribution in [2.45, 2.75) is 31.8 Å². The Morgan fingerprint density at radius 2 is 2.22 bits per heavy atom. The van der Waals surface area contributed by atoms with Crippen LogP contribution in [0.4, 0.5) is 0 Å². The van der Waals surface area contributed by atoms with E-state index in [1.54, 1.807) is 25.3 Å². The summed E-state index contributed by atoms with van der Waals surface area (Å²) >= 11 is 0. The van der Waals surface area contributed by atoms with Crippen LogP contribution in [0, 0.1) is 6.92 Å². The fourth-order valence-electron chi connectivity index (χ4n) is 1.49. The van der Waals surface area contributed by atoms with Gasteiger partial charge in [0.05, 0.1) is 0 Å². The molecule has 3 N–H and O–H groups in total. The standard InChI is InChI=1S/C11H20N4O2S/c1-3-8-15-9-11(14-10(15)2)18(16,17)13-7-5-4-6-12/h4-5,9,13H,3,6-8,12H2,1-2H3/b5-4+. The molecular weight excluding hydrogens is 252 g/mol. The van der Waals surface area contributed by atoms with Gasteiger partial charge in [-0.1, -0.05) is 19.1 Å². The van der Waals surface area contributed by atoms with Gasteiger partial charge in [0.1, 0.15) is 5.82 Å². The van der Waals surface area contributed by atoms with Crippen LogP contribution in [0.1, 0.15) is 19.2 Å². The molecule has 1 rings (SSSR count). The summed E-state index contributed by atoms with van der Waals surface area (Å²) in [7, 11) is -3.53. The second-order valence-corrected chi connectivity index (χ2v) is 5.59. The Kier molecular flexibility index (Phi) is 5.52. The Morgan fingerprint density at radius 1 is 1.50 bits per heavy atom. The number of aromatic nitrogens is 2. The fraction of sp³-hybridized carbons (Fsp3) is 0.545. The number of nitrogens with one attached hydrogen (secondary N) is 1. The smallest absolute Gasteiger partial charge is 0.259 e. The second-order valence-electron chi connectivity index (χ2n) is 3.88. The summed E-state index contributed by atoms with van der Waals surface area (Å²) in [5.74, 6) is 0.703. The molecule has 0 bridgehead atoms. The van der Waals surface area contributed by atoms with Crippen molar-refractivity contribution >= 4 is 10.0 Å². The van der Waals surface area contributed by atoms with E-state index in [0.29, 0.717) is 12.4 Å². The van der Waals surface area contributed by atoms with E-state index in [9.17, 15) is 8.42 Å². The number of nitrogens with two attached hydrogens (primary N) is 1. The highest BCUT2D eigenvalue weighted by Crippen LogP contribution is 2.09. The van der Waals surface area contributed by atoms with E-state index in [-0.39, 0.29) is 11.6 Å². The molecule has 102 valence electrons. The van der Waals surface area contributed by atoms with E-state index < -0.39 is 10.0 Å². The van der Waals surface area contributed by atoms with Gasteiger partial charge in [0.25, 0.3) is 10.0 Å². The van der Waals surface area contributed by atoms with Gasteiger partial charge in [0.15, 0.2) is 5.03 Å². The van der Waals surface area contributed by atoms with Crippen molar-refractivity contribution < 1.29 is 8.42 Å². The van der Waals surface area contributed by atoms with Crippen LogP contribution >= 0.6 is 0 Å². The van der Waals surface area contributed by atoms with Gasteiger partial charge in [-0.3, -0.25) is 0 Å². The van der Waals surface area contributed by atoms with E-state index in [1.165, 1.54) is 0 Å². The third kappa shape index (κ3) is 3.94. The lowest BCUT2D eigenvalue weighted by Crippen LogP contribution is -2.24. The largest absolute Gasteiger partial charge is 0.334 e. The first-order chi connectivity index (χ1) is 8.51. The monoisotopic (exact) mass is 272 g/mol. The minimum atomic E-state index is -3.53. The van der Waals surface area contributed by atoms with Gasteiger partial charge >= 0.3 is 0 Å². The number of hydrogen-bond acceptors (Lipinski definition) is 4. The number of sulfonamides is 1. The minimum absolute atomic E-state index is 0.0644. The number of hydrogen-bond donors (Lipinski definition) is 2. The average Bonchev–Trinajstić information content (AvgIpc) is 2.68. The highest BCUT2D eigenvalue weighted by Gasteiger charge is 2.17. The van der Waals surface area contributed by atoms with Crippen molar-refractivity contribution in [3.63, 3.8) is 0 Å². The van der Waals surface area contributed by atoms with E-state index in [2.05, 4.69) is 9.71 Å². The van der Waals surface area contributed by atoms with Crippen molar-refractivity contribution in [3.8, 4) is 0 Å². The lowest BCUT2D eigenvalue weighted by atomic mass is 10.5. The van der Waals surface area contributed by atoms with Crippen LogP contribution in [-0.4, -0.2) is 31.1 Å². The number of rotatable bonds is 7. The van der Waals surface area contributed by atoms with Gasteiger partial charge < -0.3 is 10.3 Å². The Hall–Kier alpha value is -1.18. The molecular formula is C11H20N4O2S. The molecule has 0 aliphatic heterocycles. The molecule has 0 atom stereocenters. The molecule has 0 radical (unpaired) electrons. The molecule has 0 saturated carbocycles. The Labute approximate surface area is 108 Å². The third-order valence-corrected chi connectivity index (χ3v) is 3.68. The summed E-state index contributed by atoms with van der Waals surface area (Å²) in [4.78, 5) is 4.06. The second kappa shape index (κ2) is 6.67. The van der Waals surface area contributed by atoms with Crippen molar-refractivity contribution in [3.05, 3.63) is 24.2 Å². The Morgan fingerprint density at radius 3 is 2.83 bits per heavy atom.